The van der Waals surface area contributed by atoms with Gasteiger partial charge >= 0.3 is 0 Å². The topological polar surface area (TPSA) is 46.2 Å². The zero-order chi connectivity index (χ0) is 21.8. The maximum atomic E-state index is 12.8. The molecule has 1 aliphatic carbocycles. The molecule has 0 saturated heterocycles. The van der Waals surface area contributed by atoms with Crippen molar-refractivity contribution < 1.29 is 8.42 Å². The first-order valence-corrected chi connectivity index (χ1v) is 12.7. The highest BCUT2D eigenvalue weighted by Crippen LogP contribution is 2.35. The third-order valence-electron chi connectivity index (χ3n) is 6.50. The van der Waals surface area contributed by atoms with Crippen molar-refractivity contribution in [3.05, 3.63) is 101 Å². The summed E-state index contributed by atoms with van der Waals surface area (Å²) in [4.78, 5) is 0.419. The second-order valence-corrected chi connectivity index (χ2v) is 10.8. The van der Waals surface area contributed by atoms with Crippen LogP contribution in [-0.2, 0) is 29.1 Å². The lowest BCUT2D eigenvalue weighted by atomic mass is 9.75. The number of likely N-dealkylation sites (N-methyl/N-ethyl adjacent to an activating group) is 1. The molecule has 0 saturated carbocycles. The van der Waals surface area contributed by atoms with Crippen molar-refractivity contribution in [2.45, 2.75) is 49.5 Å². The Balaban J connectivity index is 1.57. The van der Waals surface area contributed by atoms with Crippen LogP contribution in [0.1, 0.15) is 40.2 Å². The number of sulfone groups is 1. The maximum absolute atomic E-state index is 12.8. The van der Waals surface area contributed by atoms with Gasteiger partial charge in [-0.25, -0.2) is 8.42 Å². The molecular weight excluding hydrogens is 402 g/mol. The number of nitrogens with one attached hydrogen (secondary N) is 1. The lowest BCUT2D eigenvalue weighted by Gasteiger charge is -2.34. The van der Waals surface area contributed by atoms with E-state index in [4.69, 9.17) is 0 Å². The summed E-state index contributed by atoms with van der Waals surface area (Å²) in [6.07, 6.45) is 3.71. The monoisotopic (exact) mass is 433 g/mol. The normalized spacial score (nSPS) is 18.5. The smallest absolute Gasteiger partial charge is 0.178 e. The molecule has 0 aliphatic heterocycles. The first-order valence-electron chi connectivity index (χ1n) is 11.1. The minimum Gasteiger partial charge on any atom is -0.316 e. The van der Waals surface area contributed by atoms with Gasteiger partial charge in [-0.15, -0.1) is 0 Å². The van der Waals surface area contributed by atoms with E-state index in [1.54, 1.807) is 12.1 Å². The molecule has 3 aromatic carbocycles. The standard InChI is InChI=1S/C27H31NO2S/c1-20-7-6-10-24(17-20)31(29,30)16-15-22-11-12-23-13-14-27(28-2)26(25(23)18-22)19-21-8-4-3-5-9-21/h3-12,17-18,26-28H,13-16,19H2,1-2H3. The Morgan fingerprint density at radius 1 is 0.935 bits per heavy atom. The molecule has 0 heterocycles. The largest absolute Gasteiger partial charge is 0.316 e. The molecular formula is C27H31NO2S. The molecule has 0 bridgehead atoms. The highest BCUT2D eigenvalue weighted by atomic mass is 32.2. The second-order valence-electron chi connectivity index (χ2n) is 8.65. The molecule has 2 atom stereocenters. The Morgan fingerprint density at radius 3 is 2.48 bits per heavy atom. The Hall–Kier alpha value is -2.43. The highest BCUT2D eigenvalue weighted by Gasteiger charge is 2.29. The Kier molecular flexibility index (Phi) is 6.59. The van der Waals surface area contributed by atoms with E-state index < -0.39 is 9.84 Å². The van der Waals surface area contributed by atoms with Crippen molar-refractivity contribution >= 4 is 9.84 Å². The molecule has 162 valence electrons. The van der Waals surface area contributed by atoms with Crippen LogP contribution in [0.25, 0.3) is 0 Å². The van der Waals surface area contributed by atoms with Crippen LogP contribution in [0.5, 0.6) is 0 Å². The third kappa shape index (κ3) is 5.08. The number of rotatable bonds is 7. The van der Waals surface area contributed by atoms with E-state index >= 15 is 0 Å². The second kappa shape index (κ2) is 9.37. The number of aryl methyl sites for hydroxylation is 3. The van der Waals surface area contributed by atoms with Crippen molar-refractivity contribution in [2.24, 2.45) is 0 Å². The predicted molar refractivity (Wildman–Crippen MR) is 127 cm³/mol. The van der Waals surface area contributed by atoms with Crippen LogP contribution in [0.15, 0.2) is 77.7 Å². The molecule has 31 heavy (non-hydrogen) atoms. The van der Waals surface area contributed by atoms with Crippen LogP contribution >= 0.6 is 0 Å². The molecule has 0 radical (unpaired) electrons. The van der Waals surface area contributed by atoms with E-state index in [2.05, 4.69) is 53.8 Å². The summed E-state index contributed by atoms with van der Waals surface area (Å²) in [7, 11) is -1.24. The molecule has 3 nitrogen and oxygen atoms in total. The van der Waals surface area contributed by atoms with Gasteiger partial charge in [-0.2, -0.15) is 0 Å². The van der Waals surface area contributed by atoms with Crippen LogP contribution in [0.4, 0.5) is 0 Å². The minimum atomic E-state index is -3.29. The van der Waals surface area contributed by atoms with Crippen LogP contribution in [-0.4, -0.2) is 27.3 Å². The van der Waals surface area contributed by atoms with Gasteiger partial charge in [0.2, 0.25) is 0 Å². The summed E-state index contributed by atoms with van der Waals surface area (Å²) in [6, 6.07) is 24.9. The summed E-state index contributed by atoms with van der Waals surface area (Å²) in [5.74, 6) is 0.526. The van der Waals surface area contributed by atoms with Crippen molar-refractivity contribution in [3.8, 4) is 0 Å². The summed E-state index contributed by atoms with van der Waals surface area (Å²) in [5.41, 5.74) is 6.19. The van der Waals surface area contributed by atoms with Crippen molar-refractivity contribution in [2.75, 3.05) is 12.8 Å². The summed E-state index contributed by atoms with van der Waals surface area (Å²) >= 11 is 0. The summed E-state index contributed by atoms with van der Waals surface area (Å²) in [5, 5.41) is 3.52. The highest BCUT2D eigenvalue weighted by molar-refractivity contribution is 7.91. The van der Waals surface area contributed by atoms with Crippen LogP contribution in [0, 0.1) is 6.92 Å². The number of hydrogen-bond donors (Lipinski definition) is 1. The van der Waals surface area contributed by atoms with Gasteiger partial charge in [0.05, 0.1) is 10.6 Å². The molecule has 0 aromatic heterocycles. The van der Waals surface area contributed by atoms with Gasteiger partial charge in [0.15, 0.2) is 9.84 Å². The Labute approximate surface area is 186 Å². The van der Waals surface area contributed by atoms with Gasteiger partial charge in [-0.1, -0.05) is 60.7 Å². The first-order chi connectivity index (χ1) is 15.0. The van der Waals surface area contributed by atoms with Gasteiger partial charge in [0.25, 0.3) is 0 Å². The lowest BCUT2D eigenvalue weighted by molar-refractivity contribution is 0.409. The van der Waals surface area contributed by atoms with E-state index in [0.29, 0.717) is 23.3 Å². The van der Waals surface area contributed by atoms with E-state index in [1.807, 2.05) is 26.1 Å². The Bertz CT molecular complexity index is 1140. The van der Waals surface area contributed by atoms with Crippen LogP contribution < -0.4 is 5.32 Å². The van der Waals surface area contributed by atoms with Crippen molar-refractivity contribution in [3.63, 3.8) is 0 Å². The zero-order valence-electron chi connectivity index (χ0n) is 18.3. The molecule has 1 aliphatic rings. The number of hydrogen-bond acceptors (Lipinski definition) is 3. The molecule has 0 spiro atoms. The van der Waals surface area contributed by atoms with Crippen LogP contribution in [0.2, 0.25) is 0 Å². The molecule has 4 rings (SSSR count). The van der Waals surface area contributed by atoms with Gasteiger partial charge in [-0.3, -0.25) is 0 Å². The molecule has 2 unspecified atom stereocenters. The van der Waals surface area contributed by atoms with Crippen LogP contribution in [0.3, 0.4) is 0 Å². The average Bonchev–Trinajstić information content (AvgIpc) is 2.78. The Morgan fingerprint density at radius 2 is 1.74 bits per heavy atom. The molecule has 3 aromatic rings. The van der Waals surface area contributed by atoms with E-state index in [1.165, 1.54) is 16.7 Å². The maximum Gasteiger partial charge on any atom is 0.178 e. The molecule has 0 amide bonds. The third-order valence-corrected chi connectivity index (χ3v) is 8.21. The van der Waals surface area contributed by atoms with E-state index in [0.717, 1.165) is 30.4 Å². The fourth-order valence-corrected chi connectivity index (χ4v) is 6.14. The fourth-order valence-electron chi connectivity index (χ4n) is 4.75. The molecule has 4 heteroatoms. The summed E-state index contributed by atoms with van der Waals surface area (Å²) < 4.78 is 25.7. The van der Waals surface area contributed by atoms with Gasteiger partial charge < -0.3 is 5.32 Å². The SMILES string of the molecule is CNC1CCc2ccc(CCS(=O)(=O)c3cccc(C)c3)cc2C1Cc1ccccc1. The minimum absolute atomic E-state index is 0.133. The van der Waals surface area contributed by atoms with Gasteiger partial charge in [0.1, 0.15) is 0 Å². The van der Waals surface area contributed by atoms with E-state index in [9.17, 15) is 8.42 Å². The lowest BCUT2D eigenvalue weighted by Crippen LogP contribution is -2.37. The number of fused-ring (bicyclic) bond motifs is 1. The first kappa shape index (κ1) is 21.8. The van der Waals surface area contributed by atoms with Gasteiger partial charge in [-0.05, 0) is 79.6 Å². The fraction of sp³-hybridized carbons (Fsp3) is 0.333. The zero-order valence-corrected chi connectivity index (χ0v) is 19.2. The van der Waals surface area contributed by atoms with Crippen molar-refractivity contribution in [1.82, 2.24) is 5.32 Å². The van der Waals surface area contributed by atoms with E-state index in [-0.39, 0.29) is 5.75 Å². The predicted octanol–water partition coefficient (Wildman–Crippen LogP) is 4.87. The van der Waals surface area contributed by atoms with Crippen molar-refractivity contribution in [1.29, 1.82) is 0 Å². The molecule has 1 N–H and O–H groups in total. The quantitative estimate of drug-likeness (QED) is 0.578. The average molecular weight is 434 g/mol. The number of benzene rings is 3. The molecule has 0 fully saturated rings. The van der Waals surface area contributed by atoms with Gasteiger partial charge in [0, 0.05) is 12.0 Å². The summed E-state index contributed by atoms with van der Waals surface area (Å²) in [6.45, 7) is 1.92.